The lowest BCUT2D eigenvalue weighted by atomic mass is 9.99. The molecule has 0 bridgehead atoms. The Labute approximate surface area is 161 Å². The summed E-state index contributed by atoms with van der Waals surface area (Å²) in [6.07, 6.45) is 3.19. The molecule has 2 heterocycles. The van der Waals surface area contributed by atoms with Gasteiger partial charge in [-0.25, -0.2) is 8.42 Å². The van der Waals surface area contributed by atoms with Crippen LogP contribution >= 0.6 is 23.1 Å². The number of aromatic nitrogens is 2. The first-order valence-corrected chi connectivity index (χ1v) is 11.6. The van der Waals surface area contributed by atoms with E-state index < -0.39 is 15.9 Å². The van der Waals surface area contributed by atoms with Gasteiger partial charge in [-0.15, -0.1) is 10.2 Å². The summed E-state index contributed by atoms with van der Waals surface area (Å²) in [7, 11) is -3.59. The van der Waals surface area contributed by atoms with Crippen molar-refractivity contribution < 1.29 is 13.2 Å². The Balaban J connectivity index is 1.70. The molecule has 0 aliphatic carbocycles. The quantitative estimate of drug-likeness (QED) is 0.599. The normalized spacial score (nSPS) is 18.6. The van der Waals surface area contributed by atoms with Gasteiger partial charge in [0.2, 0.25) is 21.1 Å². The number of aryl methyl sites for hydroxylation is 1. The molecule has 1 atom stereocenters. The number of sulfonamides is 1. The second-order valence-electron chi connectivity index (χ2n) is 6.08. The highest BCUT2D eigenvalue weighted by Gasteiger charge is 2.33. The van der Waals surface area contributed by atoms with Gasteiger partial charge in [-0.2, -0.15) is 4.31 Å². The van der Waals surface area contributed by atoms with Crippen molar-refractivity contribution in [2.24, 2.45) is 5.92 Å². The average molecular weight is 413 g/mol. The van der Waals surface area contributed by atoms with Crippen molar-refractivity contribution in [2.75, 3.05) is 24.7 Å². The molecule has 0 unspecified atom stereocenters. The van der Waals surface area contributed by atoms with E-state index in [2.05, 4.69) is 15.5 Å². The molecule has 3 rings (SSSR count). The van der Waals surface area contributed by atoms with E-state index in [1.807, 2.05) is 13.2 Å². The third-order valence-corrected chi connectivity index (χ3v) is 7.92. The van der Waals surface area contributed by atoms with Crippen LogP contribution in [0, 0.1) is 12.8 Å². The van der Waals surface area contributed by atoms with E-state index in [-0.39, 0.29) is 17.3 Å². The van der Waals surface area contributed by atoms with Crippen LogP contribution in [0.1, 0.15) is 18.4 Å². The van der Waals surface area contributed by atoms with Crippen molar-refractivity contribution in [3.05, 3.63) is 29.8 Å². The molecule has 2 aromatic rings. The predicted octanol–water partition coefficient (Wildman–Crippen LogP) is 2.61. The van der Waals surface area contributed by atoms with Crippen LogP contribution in [0.15, 0.2) is 33.5 Å². The van der Waals surface area contributed by atoms with Gasteiger partial charge in [0.25, 0.3) is 0 Å². The van der Waals surface area contributed by atoms with Crippen LogP contribution in [0.25, 0.3) is 0 Å². The second kappa shape index (κ2) is 8.03. The zero-order valence-electron chi connectivity index (χ0n) is 14.5. The van der Waals surface area contributed by atoms with Gasteiger partial charge in [0.15, 0.2) is 4.34 Å². The Morgan fingerprint density at radius 1 is 1.31 bits per heavy atom. The summed E-state index contributed by atoms with van der Waals surface area (Å²) < 4.78 is 27.8. The highest BCUT2D eigenvalue weighted by Crippen LogP contribution is 2.27. The molecule has 1 aromatic heterocycles. The zero-order valence-corrected chi connectivity index (χ0v) is 17.0. The molecule has 1 fully saturated rings. The van der Waals surface area contributed by atoms with Gasteiger partial charge in [-0.3, -0.25) is 4.79 Å². The smallest absolute Gasteiger partial charge is 0.243 e. The van der Waals surface area contributed by atoms with Crippen molar-refractivity contribution in [2.45, 2.75) is 29.0 Å². The van der Waals surface area contributed by atoms with E-state index in [0.29, 0.717) is 24.5 Å². The summed E-state index contributed by atoms with van der Waals surface area (Å²) in [4.78, 5) is 12.8. The predicted molar refractivity (Wildman–Crippen MR) is 103 cm³/mol. The molecule has 140 valence electrons. The van der Waals surface area contributed by atoms with Gasteiger partial charge in [0.05, 0.1) is 10.8 Å². The summed E-state index contributed by atoms with van der Waals surface area (Å²) in [5.74, 6) is -0.608. The van der Waals surface area contributed by atoms with E-state index in [9.17, 15) is 13.2 Å². The molecule has 7 nitrogen and oxygen atoms in total. The molecule has 0 radical (unpaired) electrons. The maximum absolute atomic E-state index is 12.8. The van der Waals surface area contributed by atoms with E-state index in [1.165, 1.54) is 27.4 Å². The number of carbonyl (C=O) groups excluding carboxylic acids is 1. The lowest BCUT2D eigenvalue weighted by Crippen LogP contribution is -2.43. The van der Waals surface area contributed by atoms with Crippen LogP contribution in [0.3, 0.4) is 0 Å². The fourth-order valence-corrected chi connectivity index (χ4v) is 5.48. The van der Waals surface area contributed by atoms with Crippen LogP contribution in [0.4, 0.5) is 5.13 Å². The highest BCUT2D eigenvalue weighted by atomic mass is 32.2. The maximum Gasteiger partial charge on any atom is 0.243 e. The van der Waals surface area contributed by atoms with E-state index in [1.54, 1.807) is 24.3 Å². The summed E-state index contributed by atoms with van der Waals surface area (Å²) in [5.41, 5.74) is 1.00. The minimum absolute atomic E-state index is 0.177. The lowest BCUT2D eigenvalue weighted by molar-refractivity contribution is -0.120. The first kappa shape index (κ1) is 19.3. The van der Waals surface area contributed by atoms with Gasteiger partial charge in [-0.05, 0) is 38.2 Å². The number of nitrogens with zero attached hydrogens (tertiary/aromatic N) is 3. The van der Waals surface area contributed by atoms with Gasteiger partial charge in [0, 0.05) is 13.1 Å². The molecular weight excluding hydrogens is 392 g/mol. The first-order valence-electron chi connectivity index (χ1n) is 8.15. The standard InChI is InChI=1S/C16H20N4O3S3/c1-11-5-7-13(8-6-11)26(22,23)20-9-3-4-12(10-20)14(21)17-15-18-19-16(24-2)25-15/h5-8,12H,3-4,9-10H2,1-2H3,(H,17,18,21)/t12-/m1/s1. The third kappa shape index (κ3) is 4.25. The van der Waals surface area contributed by atoms with Gasteiger partial charge >= 0.3 is 0 Å². The summed E-state index contributed by atoms with van der Waals surface area (Å²) in [6.45, 7) is 2.51. The van der Waals surface area contributed by atoms with Crippen molar-refractivity contribution in [3.63, 3.8) is 0 Å². The lowest BCUT2D eigenvalue weighted by Gasteiger charge is -2.31. The average Bonchev–Trinajstić information content (AvgIpc) is 3.10. The zero-order chi connectivity index (χ0) is 18.7. The maximum atomic E-state index is 12.8. The number of piperidine rings is 1. The van der Waals surface area contributed by atoms with E-state index in [0.717, 1.165) is 9.90 Å². The van der Waals surface area contributed by atoms with Crippen LogP contribution in [-0.2, 0) is 14.8 Å². The highest BCUT2D eigenvalue weighted by molar-refractivity contribution is 8.00. The largest absolute Gasteiger partial charge is 0.300 e. The summed E-state index contributed by atoms with van der Waals surface area (Å²) >= 11 is 2.77. The van der Waals surface area contributed by atoms with Gasteiger partial charge in [-0.1, -0.05) is 40.8 Å². The number of hydrogen-bond acceptors (Lipinski definition) is 7. The monoisotopic (exact) mass is 412 g/mol. The van der Waals surface area contributed by atoms with Crippen molar-refractivity contribution >= 4 is 44.2 Å². The molecular formula is C16H20N4O3S3. The topological polar surface area (TPSA) is 92.3 Å². The number of carbonyl (C=O) groups is 1. The minimum Gasteiger partial charge on any atom is -0.300 e. The summed E-state index contributed by atoms with van der Waals surface area (Å²) in [6, 6.07) is 6.78. The molecule has 0 spiro atoms. The van der Waals surface area contributed by atoms with Gasteiger partial charge < -0.3 is 5.32 Å². The van der Waals surface area contributed by atoms with Crippen LogP contribution < -0.4 is 5.32 Å². The Morgan fingerprint density at radius 2 is 2.04 bits per heavy atom. The molecule has 1 aliphatic heterocycles. The second-order valence-corrected chi connectivity index (χ2v) is 10.1. The Morgan fingerprint density at radius 3 is 2.69 bits per heavy atom. The number of rotatable bonds is 5. The van der Waals surface area contributed by atoms with Crippen molar-refractivity contribution in [1.82, 2.24) is 14.5 Å². The molecule has 1 N–H and O–H groups in total. The molecule has 26 heavy (non-hydrogen) atoms. The Kier molecular flexibility index (Phi) is 5.96. The molecule has 1 aliphatic rings. The molecule has 0 saturated carbocycles. The van der Waals surface area contributed by atoms with Crippen LogP contribution in [0.5, 0.6) is 0 Å². The Bertz CT molecular complexity index is 880. The van der Waals surface area contributed by atoms with Crippen LogP contribution in [0.2, 0.25) is 0 Å². The number of anilines is 1. The number of benzene rings is 1. The molecule has 10 heteroatoms. The number of thioether (sulfide) groups is 1. The summed E-state index contributed by atoms with van der Waals surface area (Å²) in [5, 5.41) is 11.1. The van der Waals surface area contributed by atoms with E-state index >= 15 is 0 Å². The molecule has 1 saturated heterocycles. The fourth-order valence-electron chi connectivity index (χ4n) is 2.78. The van der Waals surface area contributed by atoms with Crippen molar-refractivity contribution in [3.8, 4) is 0 Å². The SMILES string of the molecule is CSc1nnc(NC(=O)[C@@H]2CCCN(S(=O)(=O)c3ccc(C)cc3)C2)s1. The number of hydrogen-bond donors (Lipinski definition) is 1. The first-order chi connectivity index (χ1) is 12.4. The van der Waals surface area contributed by atoms with Gasteiger partial charge in [0.1, 0.15) is 0 Å². The Hall–Kier alpha value is -1.49. The van der Waals surface area contributed by atoms with Crippen molar-refractivity contribution in [1.29, 1.82) is 0 Å². The number of amides is 1. The minimum atomic E-state index is -3.59. The molecule has 1 aromatic carbocycles. The van der Waals surface area contributed by atoms with E-state index in [4.69, 9.17) is 0 Å². The fraction of sp³-hybridized carbons (Fsp3) is 0.438. The third-order valence-electron chi connectivity index (χ3n) is 4.22. The number of nitrogens with one attached hydrogen (secondary N) is 1. The molecule has 1 amide bonds. The van der Waals surface area contributed by atoms with Crippen LogP contribution in [-0.4, -0.2) is 48.2 Å².